The standard InChI is InChI=1S/C11H14N4O/c1-9-13-8-15(14-9)10-3-2-4-11(7-10)16-6-5-12/h2-4,7-8H,5-6,12H2,1H3. The van der Waals surface area contributed by atoms with Gasteiger partial charge in [-0.15, -0.1) is 0 Å². The maximum absolute atomic E-state index is 5.44. The average Bonchev–Trinajstić information content (AvgIpc) is 2.74. The van der Waals surface area contributed by atoms with Crippen molar-refractivity contribution in [2.45, 2.75) is 6.92 Å². The van der Waals surface area contributed by atoms with E-state index < -0.39 is 0 Å². The summed E-state index contributed by atoms with van der Waals surface area (Å²) in [5, 5.41) is 4.23. The Labute approximate surface area is 93.9 Å². The second kappa shape index (κ2) is 4.76. The molecule has 0 saturated carbocycles. The van der Waals surface area contributed by atoms with E-state index in [1.807, 2.05) is 31.2 Å². The Morgan fingerprint density at radius 2 is 2.31 bits per heavy atom. The molecule has 0 saturated heterocycles. The molecule has 1 aromatic carbocycles. The van der Waals surface area contributed by atoms with Crippen molar-refractivity contribution in [2.75, 3.05) is 13.2 Å². The lowest BCUT2D eigenvalue weighted by Crippen LogP contribution is -2.10. The number of ether oxygens (including phenoxy) is 1. The van der Waals surface area contributed by atoms with Crippen LogP contribution in [0, 0.1) is 6.92 Å². The predicted molar refractivity (Wildman–Crippen MR) is 60.6 cm³/mol. The Morgan fingerprint density at radius 3 is 3.00 bits per heavy atom. The van der Waals surface area contributed by atoms with Crippen LogP contribution in [0.25, 0.3) is 5.69 Å². The highest BCUT2D eigenvalue weighted by Crippen LogP contribution is 2.15. The van der Waals surface area contributed by atoms with Gasteiger partial charge in [-0.1, -0.05) is 6.07 Å². The summed E-state index contributed by atoms with van der Waals surface area (Å²) in [6.07, 6.45) is 1.68. The number of nitrogens with zero attached hydrogens (tertiary/aromatic N) is 3. The van der Waals surface area contributed by atoms with Crippen LogP contribution in [0.15, 0.2) is 30.6 Å². The van der Waals surface area contributed by atoms with Gasteiger partial charge in [-0.2, -0.15) is 5.10 Å². The number of nitrogens with two attached hydrogens (primary N) is 1. The minimum absolute atomic E-state index is 0.507. The zero-order chi connectivity index (χ0) is 11.4. The number of hydrogen-bond donors (Lipinski definition) is 1. The highest BCUT2D eigenvalue weighted by Gasteiger charge is 2.00. The van der Waals surface area contributed by atoms with Gasteiger partial charge >= 0.3 is 0 Å². The minimum atomic E-state index is 0.507. The summed E-state index contributed by atoms with van der Waals surface area (Å²) in [5.74, 6) is 1.53. The van der Waals surface area contributed by atoms with Gasteiger partial charge in [0.25, 0.3) is 0 Å². The predicted octanol–water partition coefficient (Wildman–Crippen LogP) is 0.913. The van der Waals surface area contributed by atoms with Crippen molar-refractivity contribution in [2.24, 2.45) is 5.73 Å². The van der Waals surface area contributed by atoms with E-state index in [1.54, 1.807) is 11.0 Å². The zero-order valence-corrected chi connectivity index (χ0v) is 9.13. The molecular formula is C11H14N4O. The molecule has 0 aliphatic rings. The molecule has 16 heavy (non-hydrogen) atoms. The van der Waals surface area contributed by atoms with E-state index in [4.69, 9.17) is 10.5 Å². The fourth-order valence-corrected chi connectivity index (χ4v) is 1.36. The second-order valence-corrected chi connectivity index (χ2v) is 3.37. The highest BCUT2D eigenvalue weighted by atomic mass is 16.5. The third kappa shape index (κ3) is 2.38. The van der Waals surface area contributed by atoms with Crippen LogP contribution >= 0.6 is 0 Å². The van der Waals surface area contributed by atoms with E-state index in [2.05, 4.69) is 10.1 Å². The summed E-state index contributed by atoms with van der Waals surface area (Å²) >= 11 is 0. The molecule has 0 spiro atoms. The number of rotatable bonds is 4. The van der Waals surface area contributed by atoms with E-state index in [0.29, 0.717) is 13.2 Å². The number of benzene rings is 1. The first-order chi connectivity index (χ1) is 7.79. The molecule has 0 aliphatic heterocycles. The molecule has 0 radical (unpaired) electrons. The van der Waals surface area contributed by atoms with Gasteiger partial charge in [0, 0.05) is 12.6 Å². The van der Waals surface area contributed by atoms with E-state index in [-0.39, 0.29) is 0 Å². The van der Waals surface area contributed by atoms with E-state index in [0.717, 1.165) is 17.3 Å². The van der Waals surface area contributed by atoms with Crippen molar-refractivity contribution in [1.82, 2.24) is 14.8 Å². The molecule has 0 aliphatic carbocycles. The maximum atomic E-state index is 5.44. The zero-order valence-electron chi connectivity index (χ0n) is 9.13. The number of hydrogen-bond acceptors (Lipinski definition) is 4. The van der Waals surface area contributed by atoms with Gasteiger partial charge in [0.1, 0.15) is 24.5 Å². The van der Waals surface area contributed by atoms with Crippen molar-refractivity contribution in [3.05, 3.63) is 36.4 Å². The summed E-state index contributed by atoms with van der Waals surface area (Å²) in [7, 11) is 0. The fourth-order valence-electron chi connectivity index (χ4n) is 1.36. The molecule has 2 rings (SSSR count). The normalized spacial score (nSPS) is 10.4. The Bertz CT molecular complexity index is 467. The molecule has 1 heterocycles. The smallest absolute Gasteiger partial charge is 0.147 e. The van der Waals surface area contributed by atoms with Crippen LogP contribution in [0.4, 0.5) is 0 Å². The molecule has 2 N–H and O–H groups in total. The summed E-state index contributed by atoms with van der Waals surface area (Å²) in [6.45, 7) is 2.87. The lowest BCUT2D eigenvalue weighted by atomic mass is 10.3. The van der Waals surface area contributed by atoms with Crippen LogP contribution in [-0.2, 0) is 0 Å². The molecule has 0 unspecified atom stereocenters. The van der Waals surface area contributed by atoms with Gasteiger partial charge in [-0.3, -0.25) is 0 Å². The van der Waals surface area contributed by atoms with Crippen molar-refractivity contribution >= 4 is 0 Å². The summed E-state index contributed by atoms with van der Waals surface area (Å²) in [5.41, 5.74) is 6.30. The summed E-state index contributed by atoms with van der Waals surface area (Å²) in [4.78, 5) is 4.08. The van der Waals surface area contributed by atoms with Gasteiger partial charge in [0.2, 0.25) is 0 Å². The Hall–Kier alpha value is -1.88. The third-order valence-corrected chi connectivity index (χ3v) is 2.08. The van der Waals surface area contributed by atoms with E-state index in [9.17, 15) is 0 Å². The van der Waals surface area contributed by atoms with Crippen molar-refractivity contribution in [3.63, 3.8) is 0 Å². The average molecular weight is 218 g/mol. The minimum Gasteiger partial charge on any atom is -0.492 e. The first-order valence-corrected chi connectivity index (χ1v) is 5.11. The third-order valence-electron chi connectivity index (χ3n) is 2.08. The Morgan fingerprint density at radius 1 is 1.44 bits per heavy atom. The lowest BCUT2D eigenvalue weighted by molar-refractivity contribution is 0.328. The molecule has 0 amide bonds. The SMILES string of the molecule is Cc1ncn(-c2cccc(OCCN)c2)n1. The number of aromatic nitrogens is 3. The van der Waals surface area contributed by atoms with Crippen LogP contribution < -0.4 is 10.5 Å². The summed E-state index contributed by atoms with van der Waals surface area (Å²) in [6, 6.07) is 7.66. The van der Waals surface area contributed by atoms with Gasteiger partial charge in [0.05, 0.1) is 5.69 Å². The second-order valence-electron chi connectivity index (χ2n) is 3.37. The molecule has 84 valence electrons. The van der Waals surface area contributed by atoms with Crippen molar-refractivity contribution in [1.29, 1.82) is 0 Å². The summed E-state index contributed by atoms with van der Waals surface area (Å²) < 4.78 is 7.15. The molecular weight excluding hydrogens is 204 g/mol. The van der Waals surface area contributed by atoms with Gasteiger partial charge in [-0.25, -0.2) is 9.67 Å². The largest absolute Gasteiger partial charge is 0.492 e. The van der Waals surface area contributed by atoms with Crippen molar-refractivity contribution < 1.29 is 4.74 Å². The highest BCUT2D eigenvalue weighted by molar-refractivity contribution is 5.38. The molecule has 0 fully saturated rings. The Balaban J connectivity index is 2.22. The Kier molecular flexibility index (Phi) is 3.16. The van der Waals surface area contributed by atoms with Crippen LogP contribution in [0.5, 0.6) is 5.75 Å². The first kappa shape index (κ1) is 10.6. The molecule has 0 atom stereocenters. The van der Waals surface area contributed by atoms with Crippen molar-refractivity contribution in [3.8, 4) is 11.4 Å². The van der Waals surface area contributed by atoms with Gasteiger partial charge in [0.15, 0.2) is 0 Å². The molecule has 5 heteroatoms. The number of aryl methyl sites for hydroxylation is 1. The maximum Gasteiger partial charge on any atom is 0.147 e. The topological polar surface area (TPSA) is 66.0 Å². The van der Waals surface area contributed by atoms with Crippen LogP contribution in [0.1, 0.15) is 5.82 Å². The molecule has 1 aromatic heterocycles. The van der Waals surface area contributed by atoms with Gasteiger partial charge in [-0.05, 0) is 19.1 Å². The van der Waals surface area contributed by atoms with E-state index >= 15 is 0 Å². The molecule has 2 aromatic rings. The monoisotopic (exact) mass is 218 g/mol. The van der Waals surface area contributed by atoms with Crippen LogP contribution in [0.3, 0.4) is 0 Å². The first-order valence-electron chi connectivity index (χ1n) is 5.11. The fraction of sp³-hybridized carbons (Fsp3) is 0.273. The quantitative estimate of drug-likeness (QED) is 0.828. The molecule has 5 nitrogen and oxygen atoms in total. The molecule has 0 bridgehead atoms. The van der Waals surface area contributed by atoms with E-state index in [1.165, 1.54) is 0 Å². The van der Waals surface area contributed by atoms with Gasteiger partial charge < -0.3 is 10.5 Å². The van der Waals surface area contributed by atoms with Crippen LogP contribution in [-0.4, -0.2) is 27.9 Å². The lowest BCUT2D eigenvalue weighted by Gasteiger charge is -2.06. The van der Waals surface area contributed by atoms with Crippen LogP contribution in [0.2, 0.25) is 0 Å².